The van der Waals surface area contributed by atoms with Gasteiger partial charge in [-0.1, -0.05) is 6.42 Å². The molecule has 1 aliphatic rings. The Morgan fingerprint density at radius 3 is 2.70 bits per heavy atom. The summed E-state index contributed by atoms with van der Waals surface area (Å²) in [7, 11) is 0. The standard InChI is InChI=1S/C21H24N2O7/c24-14-5-6-15-13(11-20(27)30-17(15)12-14)10-19(26)22-8-3-1-2-4-18(25)23-16-7-9-29-21(16)28/h5-6,11-12,16,24H,1-4,7-10H2,(H,22,26)(H,23,25)/t16-/m0/s1. The number of carbonyl (C=O) groups excluding carboxylic acids is 3. The van der Waals surface area contributed by atoms with Gasteiger partial charge in [-0.05, 0) is 30.5 Å². The Kier molecular flexibility index (Phi) is 7.05. The number of amides is 2. The molecule has 160 valence electrons. The van der Waals surface area contributed by atoms with E-state index < -0.39 is 11.7 Å². The molecule has 1 aromatic heterocycles. The van der Waals surface area contributed by atoms with Crippen LogP contribution < -0.4 is 16.3 Å². The first-order chi connectivity index (χ1) is 14.4. The van der Waals surface area contributed by atoms with E-state index in [4.69, 9.17) is 9.15 Å². The average Bonchev–Trinajstić information content (AvgIpc) is 3.08. The van der Waals surface area contributed by atoms with E-state index in [2.05, 4.69) is 10.6 Å². The third-order valence-electron chi connectivity index (χ3n) is 4.84. The lowest BCUT2D eigenvalue weighted by molar-refractivity contribution is -0.141. The first-order valence-corrected chi connectivity index (χ1v) is 9.91. The van der Waals surface area contributed by atoms with Crippen molar-refractivity contribution in [3.05, 3.63) is 40.2 Å². The van der Waals surface area contributed by atoms with Gasteiger partial charge in [-0.15, -0.1) is 0 Å². The van der Waals surface area contributed by atoms with Crippen LogP contribution in [0.2, 0.25) is 0 Å². The highest BCUT2D eigenvalue weighted by atomic mass is 16.5. The number of esters is 1. The molecule has 0 aliphatic carbocycles. The minimum absolute atomic E-state index is 0.0206. The molecule has 2 amide bonds. The van der Waals surface area contributed by atoms with Crippen LogP contribution in [0.3, 0.4) is 0 Å². The van der Waals surface area contributed by atoms with Crippen LogP contribution >= 0.6 is 0 Å². The number of carbonyl (C=O) groups is 3. The van der Waals surface area contributed by atoms with E-state index in [-0.39, 0.29) is 35.5 Å². The van der Waals surface area contributed by atoms with Gasteiger partial charge < -0.3 is 24.9 Å². The molecule has 0 unspecified atom stereocenters. The molecular weight excluding hydrogens is 392 g/mol. The second kappa shape index (κ2) is 9.91. The quantitative estimate of drug-likeness (QED) is 0.317. The van der Waals surface area contributed by atoms with Gasteiger partial charge in [0.25, 0.3) is 0 Å². The molecule has 3 N–H and O–H groups in total. The SMILES string of the molecule is O=C(Cc1cc(=O)oc2cc(O)ccc12)NCCCCCC(=O)N[C@H]1CCOC1=O. The number of phenols is 1. The molecule has 1 aromatic carbocycles. The number of ether oxygens (including phenoxy) is 1. The number of hydrogen-bond acceptors (Lipinski definition) is 7. The Morgan fingerprint density at radius 1 is 1.10 bits per heavy atom. The van der Waals surface area contributed by atoms with Gasteiger partial charge >= 0.3 is 11.6 Å². The van der Waals surface area contributed by atoms with Gasteiger partial charge in [-0.3, -0.25) is 9.59 Å². The number of fused-ring (bicyclic) bond motifs is 1. The zero-order valence-electron chi connectivity index (χ0n) is 16.4. The molecule has 2 heterocycles. The summed E-state index contributed by atoms with van der Waals surface area (Å²) in [6.45, 7) is 0.797. The molecule has 0 spiro atoms. The van der Waals surface area contributed by atoms with E-state index in [1.807, 2.05) is 0 Å². The van der Waals surface area contributed by atoms with Crippen molar-refractivity contribution in [2.75, 3.05) is 13.2 Å². The number of rotatable bonds is 9. The summed E-state index contributed by atoms with van der Waals surface area (Å²) < 4.78 is 9.85. The zero-order chi connectivity index (χ0) is 21.5. The predicted molar refractivity (Wildman–Crippen MR) is 107 cm³/mol. The van der Waals surface area contributed by atoms with Crippen LogP contribution in [0.4, 0.5) is 0 Å². The van der Waals surface area contributed by atoms with Crippen molar-refractivity contribution in [3.8, 4) is 5.75 Å². The summed E-state index contributed by atoms with van der Waals surface area (Å²) in [5, 5.41) is 15.6. The summed E-state index contributed by atoms with van der Waals surface area (Å²) in [6.07, 6.45) is 2.95. The summed E-state index contributed by atoms with van der Waals surface area (Å²) in [6, 6.07) is 5.15. The van der Waals surface area contributed by atoms with Crippen molar-refractivity contribution in [2.45, 2.75) is 44.6 Å². The lowest BCUT2D eigenvalue weighted by Gasteiger charge is -2.09. The van der Waals surface area contributed by atoms with Crippen LogP contribution in [0, 0.1) is 0 Å². The first-order valence-electron chi connectivity index (χ1n) is 9.91. The Morgan fingerprint density at radius 2 is 1.93 bits per heavy atom. The van der Waals surface area contributed by atoms with Gasteiger partial charge in [0.2, 0.25) is 11.8 Å². The molecule has 1 fully saturated rings. The number of cyclic esters (lactones) is 1. The van der Waals surface area contributed by atoms with Crippen LogP contribution in [0.1, 0.15) is 37.7 Å². The molecular formula is C21H24N2O7. The second-order valence-corrected chi connectivity index (χ2v) is 7.18. The molecule has 9 nitrogen and oxygen atoms in total. The van der Waals surface area contributed by atoms with Crippen LogP contribution in [0.5, 0.6) is 5.75 Å². The third-order valence-corrected chi connectivity index (χ3v) is 4.84. The van der Waals surface area contributed by atoms with Crippen molar-refractivity contribution in [1.82, 2.24) is 10.6 Å². The molecule has 0 radical (unpaired) electrons. The van der Waals surface area contributed by atoms with Crippen LogP contribution in [-0.4, -0.2) is 42.1 Å². The van der Waals surface area contributed by atoms with Crippen molar-refractivity contribution in [1.29, 1.82) is 0 Å². The van der Waals surface area contributed by atoms with E-state index in [0.29, 0.717) is 49.8 Å². The van der Waals surface area contributed by atoms with Gasteiger partial charge in [-0.25, -0.2) is 9.59 Å². The Bertz CT molecular complexity index is 999. The number of aromatic hydroxyl groups is 1. The maximum absolute atomic E-state index is 12.2. The van der Waals surface area contributed by atoms with Crippen LogP contribution in [0.15, 0.2) is 33.5 Å². The number of nitrogens with one attached hydrogen (secondary N) is 2. The molecule has 1 saturated heterocycles. The van der Waals surface area contributed by atoms with Crippen LogP contribution in [0.25, 0.3) is 11.0 Å². The third kappa shape index (κ3) is 5.82. The summed E-state index contributed by atoms with van der Waals surface area (Å²) in [5.74, 6) is -0.813. The smallest absolute Gasteiger partial charge is 0.336 e. The zero-order valence-corrected chi connectivity index (χ0v) is 16.4. The summed E-state index contributed by atoms with van der Waals surface area (Å²) >= 11 is 0. The minimum atomic E-state index is -0.583. The number of unbranched alkanes of at least 4 members (excludes halogenated alkanes) is 2. The van der Waals surface area contributed by atoms with Gasteiger partial charge in [0.1, 0.15) is 17.4 Å². The molecule has 30 heavy (non-hydrogen) atoms. The largest absolute Gasteiger partial charge is 0.508 e. The van der Waals surface area contributed by atoms with Crippen molar-refractivity contribution >= 4 is 28.8 Å². The van der Waals surface area contributed by atoms with E-state index in [1.54, 1.807) is 6.07 Å². The number of phenolic OH excluding ortho intramolecular Hbond substituents is 1. The lowest BCUT2D eigenvalue weighted by Crippen LogP contribution is -2.37. The van der Waals surface area contributed by atoms with Crippen molar-refractivity contribution in [2.24, 2.45) is 0 Å². The second-order valence-electron chi connectivity index (χ2n) is 7.18. The molecule has 9 heteroatoms. The Balaban J connectivity index is 1.36. The monoisotopic (exact) mass is 416 g/mol. The molecule has 3 rings (SSSR count). The normalized spacial score (nSPS) is 15.7. The number of benzene rings is 1. The highest BCUT2D eigenvalue weighted by Gasteiger charge is 2.27. The van der Waals surface area contributed by atoms with E-state index in [0.717, 1.165) is 6.42 Å². The lowest BCUT2D eigenvalue weighted by atomic mass is 10.1. The van der Waals surface area contributed by atoms with E-state index >= 15 is 0 Å². The molecule has 0 saturated carbocycles. The van der Waals surface area contributed by atoms with Crippen molar-refractivity contribution < 1.29 is 28.6 Å². The molecule has 0 bridgehead atoms. The molecule has 1 atom stereocenters. The van der Waals surface area contributed by atoms with Crippen LogP contribution in [-0.2, 0) is 25.5 Å². The topological polar surface area (TPSA) is 135 Å². The van der Waals surface area contributed by atoms with Gasteiger partial charge in [0.05, 0.1) is 13.0 Å². The fourth-order valence-corrected chi connectivity index (χ4v) is 3.31. The summed E-state index contributed by atoms with van der Waals surface area (Å²) in [4.78, 5) is 47.0. The molecule has 1 aliphatic heterocycles. The number of hydrogen-bond donors (Lipinski definition) is 3. The van der Waals surface area contributed by atoms with E-state index in [1.165, 1.54) is 18.2 Å². The summed E-state index contributed by atoms with van der Waals surface area (Å²) in [5.41, 5.74) is 0.176. The Labute approximate surface area is 172 Å². The van der Waals surface area contributed by atoms with Gasteiger partial charge in [0, 0.05) is 36.9 Å². The molecule has 2 aromatic rings. The average molecular weight is 416 g/mol. The van der Waals surface area contributed by atoms with Crippen molar-refractivity contribution in [3.63, 3.8) is 0 Å². The fourth-order valence-electron chi connectivity index (χ4n) is 3.31. The maximum atomic E-state index is 12.2. The minimum Gasteiger partial charge on any atom is -0.508 e. The van der Waals surface area contributed by atoms with Gasteiger partial charge in [0.15, 0.2) is 0 Å². The highest BCUT2D eigenvalue weighted by Crippen LogP contribution is 2.22. The predicted octanol–water partition coefficient (Wildman–Crippen LogP) is 1.15. The fraction of sp³-hybridized carbons (Fsp3) is 0.429. The first kappa shape index (κ1) is 21.4. The van der Waals surface area contributed by atoms with E-state index in [9.17, 15) is 24.3 Å². The Hall–Kier alpha value is -3.36. The highest BCUT2D eigenvalue weighted by molar-refractivity contribution is 5.87. The maximum Gasteiger partial charge on any atom is 0.336 e. The van der Waals surface area contributed by atoms with Gasteiger partial charge in [-0.2, -0.15) is 0 Å².